The largest absolute Gasteiger partial charge is 0.311 e. The maximum absolute atomic E-state index is 12.6. The van der Waals surface area contributed by atoms with Crippen LogP contribution in [0.5, 0.6) is 0 Å². The van der Waals surface area contributed by atoms with Crippen molar-refractivity contribution in [2.75, 3.05) is 11.9 Å². The van der Waals surface area contributed by atoms with Gasteiger partial charge in [-0.2, -0.15) is 0 Å². The summed E-state index contributed by atoms with van der Waals surface area (Å²) in [5, 5.41) is 0. The molecule has 0 spiro atoms. The number of hydrogen-bond acceptors (Lipinski definition) is 1. The van der Waals surface area contributed by atoms with E-state index in [1.807, 2.05) is 54.6 Å². The summed E-state index contributed by atoms with van der Waals surface area (Å²) in [5.74, 6) is -0.00773. The molecule has 0 bridgehead atoms. The van der Waals surface area contributed by atoms with Gasteiger partial charge in [-0.1, -0.05) is 60.2 Å². The molecule has 0 saturated heterocycles. The minimum Gasteiger partial charge on any atom is -0.311 e. The fourth-order valence-electron chi connectivity index (χ4n) is 2.51. The molecule has 3 rings (SSSR count). The second-order valence-corrected chi connectivity index (χ2v) is 5.64. The SMILES string of the molecule is Cc1ccc(-c2ccc(C(=O)N(C)c3ccccc3)cc2)cc1. The van der Waals surface area contributed by atoms with Crippen LogP contribution in [-0.4, -0.2) is 13.0 Å². The van der Waals surface area contributed by atoms with Crippen molar-refractivity contribution in [2.45, 2.75) is 6.92 Å². The molecule has 0 N–H and O–H groups in total. The number of rotatable bonds is 3. The molecule has 1 amide bonds. The topological polar surface area (TPSA) is 20.3 Å². The molecule has 3 aromatic rings. The number of para-hydroxylation sites is 1. The first-order valence-corrected chi connectivity index (χ1v) is 7.65. The lowest BCUT2D eigenvalue weighted by atomic mass is 10.0. The van der Waals surface area contributed by atoms with Crippen LogP contribution in [0.3, 0.4) is 0 Å². The normalized spacial score (nSPS) is 10.3. The summed E-state index contributed by atoms with van der Waals surface area (Å²) in [5.41, 5.74) is 5.09. The van der Waals surface area contributed by atoms with Gasteiger partial charge in [0.05, 0.1) is 0 Å². The third kappa shape index (κ3) is 3.32. The summed E-state index contributed by atoms with van der Waals surface area (Å²) in [7, 11) is 1.80. The monoisotopic (exact) mass is 301 g/mol. The molecule has 0 heterocycles. The molecule has 0 aromatic heterocycles. The van der Waals surface area contributed by atoms with Crippen LogP contribution in [0, 0.1) is 6.92 Å². The van der Waals surface area contributed by atoms with Crippen molar-refractivity contribution >= 4 is 11.6 Å². The first-order chi connectivity index (χ1) is 11.1. The van der Waals surface area contributed by atoms with Crippen LogP contribution in [-0.2, 0) is 0 Å². The van der Waals surface area contributed by atoms with E-state index in [2.05, 4.69) is 31.2 Å². The standard InChI is InChI=1S/C21H19NO/c1-16-8-10-17(11-9-16)18-12-14-19(15-13-18)21(23)22(2)20-6-4-3-5-7-20/h3-15H,1-2H3. The summed E-state index contributed by atoms with van der Waals surface area (Å²) < 4.78 is 0. The molecule has 0 unspecified atom stereocenters. The molecule has 2 heteroatoms. The number of nitrogens with zero attached hydrogens (tertiary/aromatic N) is 1. The number of amides is 1. The van der Waals surface area contributed by atoms with Crippen molar-refractivity contribution in [3.05, 3.63) is 90.0 Å². The lowest BCUT2D eigenvalue weighted by molar-refractivity contribution is 0.0993. The van der Waals surface area contributed by atoms with Gasteiger partial charge in [-0.05, 0) is 42.3 Å². The van der Waals surface area contributed by atoms with E-state index in [1.165, 1.54) is 5.56 Å². The fourth-order valence-corrected chi connectivity index (χ4v) is 2.51. The van der Waals surface area contributed by atoms with Crippen LogP contribution in [0.1, 0.15) is 15.9 Å². The maximum atomic E-state index is 12.6. The minimum atomic E-state index is -0.00773. The average Bonchev–Trinajstić information content (AvgIpc) is 2.62. The lowest BCUT2D eigenvalue weighted by Gasteiger charge is -2.17. The van der Waals surface area contributed by atoms with Gasteiger partial charge in [-0.3, -0.25) is 4.79 Å². The highest BCUT2D eigenvalue weighted by Gasteiger charge is 2.13. The van der Waals surface area contributed by atoms with Crippen LogP contribution in [0.25, 0.3) is 11.1 Å². The van der Waals surface area contributed by atoms with Crippen LogP contribution in [0.15, 0.2) is 78.9 Å². The van der Waals surface area contributed by atoms with Crippen molar-refractivity contribution in [1.29, 1.82) is 0 Å². The van der Waals surface area contributed by atoms with E-state index in [9.17, 15) is 4.79 Å². The molecule has 23 heavy (non-hydrogen) atoms. The number of hydrogen-bond donors (Lipinski definition) is 0. The summed E-state index contributed by atoms with van der Waals surface area (Å²) in [6, 6.07) is 25.8. The highest BCUT2D eigenvalue weighted by Crippen LogP contribution is 2.21. The number of aryl methyl sites for hydroxylation is 1. The Kier molecular flexibility index (Phi) is 4.24. The lowest BCUT2D eigenvalue weighted by Crippen LogP contribution is -2.25. The van der Waals surface area contributed by atoms with Gasteiger partial charge < -0.3 is 4.90 Å². The first kappa shape index (κ1) is 15.0. The van der Waals surface area contributed by atoms with Gasteiger partial charge in [0.25, 0.3) is 5.91 Å². The molecule has 0 aliphatic heterocycles. The van der Waals surface area contributed by atoms with E-state index in [4.69, 9.17) is 0 Å². The van der Waals surface area contributed by atoms with Crippen LogP contribution in [0.4, 0.5) is 5.69 Å². The first-order valence-electron chi connectivity index (χ1n) is 7.65. The zero-order valence-electron chi connectivity index (χ0n) is 13.4. The smallest absolute Gasteiger partial charge is 0.258 e. The van der Waals surface area contributed by atoms with E-state index >= 15 is 0 Å². The van der Waals surface area contributed by atoms with Crippen molar-refractivity contribution in [3.63, 3.8) is 0 Å². The van der Waals surface area contributed by atoms with E-state index < -0.39 is 0 Å². The molecule has 0 fully saturated rings. The summed E-state index contributed by atoms with van der Waals surface area (Å²) in [6.45, 7) is 2.07. The van der Waals surface area contributed by atoms with Crippen molar-refractivity contribution in [2.24, 2.45) is 0 Å². The van der Waals surface area contributed by atoms with Gasteiger partial charge in [0, 0.05) is 18.3 Å². The van der Waals surface area contributed by atoms with Crippen molar-refractivity contribution < 1.29 is 4.79 Å². The fraction of sp³-hybridized carbons (Fsp3) is 0.0952. The highest BCUT2D eigenvalue weighted by atomic mass is 16.2. The third-order valence-electron chi connectivity index (χ3n) is 3.96. The average molecular weight is 301 g/mol. The van der Waals surface area contributed by atoms with Crippen LogP contribution >= 0.6 is 0 Å². The Morgan fingerprint density at radius 3 is 1.83 bits per heavy atom. The van der Waals surface area contributed by atoms with Crippen molar-refractivity contribution in [1.82, 2.24) is 0 Å². The molecule has 3 aromatic carbocycles. The van der Waals surface area contributed by atoms with Gasteiger partial charge in [0.15, 0.2) is 0 Å². The predicted molar refractivity (Wildman–Crippen MR) is 95.8 cm³/mol. The molecule has 0 aliphatic rings. The zero-order valence-corrected chi connectivity index (χ0v) is 13.4. The molecule has 0 saturated carbocycles. The van der Waals surface area contributed by atoms with E-state index in [1.54, 1.807) is 11.9 Å². The molecular weight excluding hydrogens is 282 g/mol. The van der Waals surface area contributed by atoms with Gasteiger partial charge in [-0.25, -0.2) is 0 Å². The molecule has 2 nitrogen and oxygen atoms in total. The Morgan fingerprint density at radius 1 is 0.739 bits per heavy atom. The number of carbonyl (C=O) groups excluding carboxylic acids is 1. The zero-order chi connectivity index (χ0) is 16.2. The van der Waals surface area contributed by atoms with Gasteiger partial charge >= 0.3 is 0 Å². The van der Waals surface area contributed by atoms with Crippen LogP contribution in [0.2, 0.25) is 0 Å². The predicted octanol–water partition coefficient (Wildman–Crippen LogP) is 4.94. The molecule has 0 radical (unpaired) electrons. The second-order valence-electron chi connectivity index (χ2n) is 5.64. The van der Waals surface area contributed by atoms with Gasteiger partial charge in [0.2, 0.25) is 0 Å². The molecule has 0 atom stereocenters. The Morgan fingerprint density at radius 2 is 1.26 bits per heavy atom. The summed E-state index contributed by atoms with van der Waals surface area (Å²) >= 11 is 0. The molecule has 0 aliphatic carbocycles. The number of carbonyl (C=O) groups is 1. The Labute approximate surface area is 137 Å². The molecular formula is C21H19NO. The Bertz CT molecular complexity index is 790. The molecule has 114 valence electrons. The second kappa shape index (κ2) is 6.49. The van der Waals surface area contributed by atoms with Crippen molar-refractivity contribution in [3.8, 4) is 11.1 Å². The summed E-state index contributed by atoms with van der Waals surface area (Å²) in [4.78, 5) is 14.2. The third-order valence-corrected chi connectivity index (χ3v) is 3.96. The number of anilines is 1. The minimum absolute atomic E-state index is 0.00773. The quantitative estimate of drug-likeness (QED) is 0.671. The van der Waals surface area contributed by atoms with Gasteiger partial charge in [-0.15, -0.1) is 0 Å². The Balaban J connectivity index is 1.82. The van der Waals surface area contributed by atoms with Gasteiger partial charge in [0.1, 0.15) is 0 Å². The highest BCUT2D eigenvalue weighted by molar-refractivity contribution is 6.05. The number of benzene rings is 3. The van der Waals surface area contributed by atoms with E-state index in [-0.39, 0.29) is 5.91 Å². The van der Waals surface area contributed by atoms with E-state index in [0.29, 0.717) is 5.56 Å². The van der Waals surface area contributed by atoms with E-state index in [0.717, 1.165) is 16.8 Å². The Hall–Kier alpha value is -2.87. The maximum Gasteiger partial charge on any atom is 0.258 e. The summed E-state index contributed by atoms with van der Waals surface area (Å²) in [6.07, 6.45) is 0. The van der Waals surface area contributed by atoms with Crippen LogP contribution < -0.4 is 4.90 Å².